The van der Waals surface area contributed by atoms with E-state index < -0.39 is 152 Å². The second-order valence-electron chi connectivity index (χ2n) is 17.4. The Balaban J connectivity index is 0.969. The van der Waals surface area contributed by atoms with Crippen LogP contribution >= 0.6 is 30.0 Å². The summed E-state index contributed by atoms with van der Waals surface area (Å²) in [5.41, 5.74) is 7.22. The molecule has 8 heterocycles. The topological polar surface area (TPSA) is 504 Å². The number of carbonyl (C=O) groups is 1. The van der Waals surface area contributed by atoms with Gasteiger partial charge in [0.1, 0.15) is 50.0 Å². The number of nitrogens with one attached hydrogen (secondary N) is 2. The highest BCUT2D eigenvalue weighted by atomic mass is 32.5. The third-order valence-corrected chi connectivity index (χ3v) is 19.2. The van der Waals surface area contributed by atoms with Crippen molar-refractivity contribution in [3.05, 3.63) is 62.4 Å². The van der Waals surface area contributed by atoms with Crippen LogP contribution in [0.1, 0.15) is 25.1 Å². The minimum absolute atomic E-state index is 0.00336. The van der Waals surface area contributed by atoms with Gasteiger partial charge < -0.3 is 83.8 Å². The molecule has 418 valence electrons. The largest absolute Gasteiger partial charge is 0.778 e. The number of phosphoric ester groups is 1. The molecule has 3 fully saturated rings. The van der Waals surface area contributed by atoms with Gasteiger partial charge in [-0.2, -0.15) is 4.31 Å². The lowest BCUT2D eigenvalue weighted by molar-refractivity contribution is -0.745. The molecule has 76 heavy (non-hydrogen) atoms. The molecule has 0 spiro atoms. The number of hydrogen-bond donors (Lipinski definition) is 10. The first-order valence-electron chi connectivity index (χ1n) is 21.9. The maximum absolute atomic E-state index is 14.3. The predicted molar refractivity (Wildman–Crippen MR) is 252 cm³/mol. The summed E-state index contributed by atoms with van der Waals surface area (Å²) in [6.45, 7) is -8.40. The summed E-state index contributed by atoms with van der Waals surface area (Å²) in [4.78, 5) is 118. The van der Waals surface area contributed by atoms with Gasteiger partial charge in [0.2, 0.25) is 17.7 Å². The van der Waals surface area contributed by atoms with E-state index in [1.165, 1.54) is 46.1 Å². The molecule has 12 N–H and O–H groups in total. The van der Waals surface area contributed by atoms with E-state index in [0.717, 1.165) is 36.6 Å². The monoisotopic (exact) mass is 1180 g/mol. The Kier molecular flexibility index (Phi) is 16.6. The first-order chi connectivity index (χ1) is 35.5. The summed E-state index contributed by atoms with van der Waals surface area (Å²) in [5.74, 6) is -2.13. The van der Waals surface area contributed by atoms with Gasteiger partial charge in [-0.05, 0) is 11.8 Å². The molecular weight excluding hydrogens is 1130 g/mol. The van der Waals surface area contributed by atoms with Gasteiger partial charge in [0, 0.05) is 45.8 Å². The number of nitrogens with zero attached hydrogens (tertiary/aromatic N) is 9. The number of methoxy groups -OCH3 is 1. The van der Waals surface area contributed by atoms with Gasteiger partial charge in [0.25, 0.3) is 17.1 Å². The normalized spacial score (nSPS) is 30.0. The van der Waals surface area contributed by atoms with Crippen molar-refractivity contribution in [3.63, 3.8) is 0 Å². The van der Waals surface area contributed by atoms with Gasteiger partial charge >= 0.3 is 33.7 Å². The fourth-order valence-corrected chi connectivity index (χ4v) is 14.9. The Morgan fingerprint density at radius 3 is 2.26 bits per heavy atom. The number of aryl methyl sites for hydroxylation is 1. The molecule has 5 aromatic rings. The van der Waals surface area contributed by atoms with Crippen molar-refractivity contribution in [3.8, 4) is 0 Å². The Morgan fingerprint density at radius 2 is 1.58 bits per heavy atom. The number of rotatable bonds is 20. The zero-order valence-corrected chi connectivity index (χ0v) is 44.0. The number of aromatic amines is 2. The highest BCUT2D eigenvalue weighted by Crippen LogP contribution is 2.68. The number of aromatic nitrogens is 10. The standard InChI is InChI=1S/C35H49N13O23P4S/c1-44(2)19(50)7-14-15(67-31(22(14)51)48-13-45(3)21-29(48)42-34(37)43-30(21)54)8-65-73(58,59)70-74(60,61)71-75(62,76)66-10-17-26(25(63-4)33(69-17)47-12-40-20-27(36)38-11-39-28(20)47)72(56,57)64-9-16-23(52)24(53)32(68-16)46-6-5-18(49)41-35(46)55/h5-6,11-17,22-26,31-33,51-53H,7-10H2,1-4H3,(H9-,36,37,38,39,41,42,43,49,54,55,56,57,58,59,60,61,62,76)/t14-,15-,16-,17-,22-,23-,24-,25-,26-,31?,32-,33-,75?/m1/s1. The molecule has 5 aromatic heterocycles. The van der Waals surface area contributed by atoms with E-state index in [-0.39, 0.29) is 34.1 Å². The minimum atomic E-state index is -6.05. The third-order valence-electron chi connectivity index (χ3n) is 12.2. The average molecular weight is 1180 g/mol. The van der Waals surface area contributed by atoms with Crippen molar-refractivity contribution in [1.29, 1.82) is 0 Å². The second kappa shape index (κ2) is 21.9. The number of amides is 1. The minimum Gasteiger partial charge on any atom is -0.778 e. The van der Waals surface area contributed by atoms with Gasteiger partial charge in [-0.1, -0.05) is 4.98 Å². The van der Waals surface area contributed by atoms with Crippen LogP contribution in [-0.2, 0) is 78.5 Å². The maximum atomic E-state index is 14.3. The lowest BCUT2D eigenvalue weighted by Crippen LogP contribution is -2.45. The SMILES string of the molecule is CO[C@@H]1[C@H](P(=O)([O-])OC[C@H]2O[C@@H](n3ccc(=O)[nH]c3=O)[C@H](O)[C@@H]2O)[C@@H](COP(O)(=S)OP(=O)(O)OP(=O)(O)OC[C@H]2OC([n+]3cn(C)c4c(=O)[nH]c(N)nc43)[C@H](O)[C@@H]2CC(=O)N(C)C)O[C@H]1n1cnc2c(N)ncnc21. The number of imidazole rings is 2. The number of fused-ring (bicyclic) bond motifs is 2. The van der Waals surface area contributed by atoms with Crippen LogP contribution < -0.4 is 37.7 Å². The van der Waals surface area contributed by atoms with E-state index >= 15 is 0 Å². The zero-order chi connectivity index (χ0) is 55.6. The van der Waals surface area contributed by atoms with E-state index in [0.29, 0.717) is 0 Å². The summed E-state index contributed by atoms with van der Waals surface area (Å²) in [7, 11) is -12.0. The Bertz CT molecular complexity index is 3400. The lowest BCUT2D eigenvalue weighted by atomic mass is 9.94. The molecule has 3 aliphatic heterocycles. The van der Waals surface area contributed by atoms with E-state index in [9.17, 15) is 67.8 Å². The number of phosphoric acid groups is 2. The van der Waals surface area contributed by atoms with Crippen LogP contribution in [0.4, 0.5) is 11.8 Å². The van der Waals surface area contributed by atoms with Crippen molar-refractivity contribution in [1.82, 2.24) is 48.5 Å². The fraction of sp³-hybridized carbons (Fsp3) is 0.571. The summed E-state index contributed by atoms with van der Waals surface area (Å²) in [5, 5.41) is 33.0. The summed E-state index contributed by atoms with van der Waals surface area (Å²) < 4.78 is 93.0. The van der Waals surface area contributed by atoms with Crippen molar-refractivity contribution in [2.45, 2.75) is 73.5 Å². The molecule has 0 bridgehead atoms. The molecular formula is C35H49N13O23P4S. The van der Waals surface area contributed by atoms with Gasteiger partial charge in [-0.3, -0.25) is 42.6 Å². The molecule has 3 aliphatic rings. The van der Waals surface area contributed by atoms with Gasteiger partial charge in [-0.15, -0.1) is 0 Å². The lowest BCUT2D eigenvalue weighted by Gasteiger charge is -2.35. The summed E-state index contributed by atoms with van der Waals surface area (Å²) in [6, 6.07) is 0.927. The second-order valence-corrected chi connectivity index (χ2v) is 25.3. The number of anilines is 2. The number of H-pyrrole nitrogens is 2. The number of nitrogens with two attached hydrogens (primary N) is 2. The van der Waals surface area contributed by atoms with Crippen LogP contribution in [0.5, 0.6) is 0 Å². The zero-order valence-electron chi connectivity index (χ0n) is 39.6. The Labute approximate surface area is 429 Å². The van der Waals surface area contributed by atoms with E-state index in [4.69, 9.17) is 55.8 Å². The van der Waals surface area contributed by atoms with Crippen LogP contribution in [0.25, 0.3) is 22.3 Å². The highest BCUT2D eigenvalue weighted by Gasteiger charge is 2.54. The molecule has 1 amide bonds. The van der Waals surface area contributed by atoms with Gasteiger partial charge in [-0.25, -0.2) is 37.8 Å². The van der Waals surface area contributed by atoms with Crippen molar-refractivity contribution < 1.29 is 99.1 Å². The third kappa shape index (κ3) is 11.8. The van der Waals surface area contributed by atoms with Crippen LogP contribution in [0, 0.1) is 5.92 Å². The number of aliphatic hydroxyl groups excluding tert-OH is 3. The molecule has 8 rings (SSSR count). The molecule has 0 radical (unpaired) electrons. The number of hydrogen-bond acceptors (Lipinski definition) is 27. The van der Waals surface area contributed by atoms with Crippen molar-refractivity contribution >= 4 is 81.8 Å². The Morgan fingerprint density at radius 1 is 0.895 bits per heavy atom. The van der Waals surface area contributed by atoms with E-state index in [2.05, 4.69) is 33.5 Å². The molecule has 0 aliphatic carbocycles. The van der Waals surface area contributed by atoms with E-state index in [1.54, 1.807) is 0 Å². The van der Waals surface area contributed by atoms with Crippen LogP contribution in [0.3, 0.4) is 0 Å². The first kappa shape index (κ1) is 57.5. The summed E-state index contributed by atoms with van der Waals surface area (Å²) in [6.07, 6.45) is -12.4. The summed E-state index contributed by atoms with van der Waals surface area (Å²) >= 11 is 4.91. The number of aliphatic hydroxyl groups is 3. The maximum Gasteiger partial charge on any atom is 0.488 e. The van der Waals surface area contributed by atoms with Crippen molar-refractivity contribution in [2.75, 3.05) is 52.5 Å². The molecule has 0 aromatic carbocycles. The van der Waals surface area contributed by atoms with Gasteiger partial charge in [0.15, 0.2) is 30.2 Å². The molecule has 36 nitrogen and oxygen atoms in total. The molecule has 3 saturated heterocycles. The number of ether oxygens (including phenoxy) is 4. The van der Waals surface area contributed by atoms with Crippen LogP contribution in [0.15, 0.2) is 45.6 Å². The van der Waals surface area contributed by atoms with Gasteiger partial charge in [0.05, 0.1) is 51.1 Å². The highest BCUT2D eigenvalue weighted by molar-refractivity contribution is 8.08. The molecule has 0 saturated carbocycles. The average Bonchev–Trinajstić information content (AvgIpc) is 4.13. The first-order valence-corrected chi connectivity index (χ1v) is 29.1. The Hall–Kier alpha value is -4.65. The smallest absolute Gasteiger partial charge is 0.488 e. The van der Waals surface area contributed by atoms with Crippen molar-refractivity contribution in [2.24, 2.45) is 13.0 Å². The predicted octanol–water partition coefficient (Wildman–Crippen LogP) is -4.59. The quantitative estimate of drug-likeness (QED) is 0.0259. The molecule has 5 unspecified atom stereocenters. The number of carbonyl (C=O) groups excluding carboxylic acids is 1. The number of nitrogen functional groups attached to an aromatic ring is 2. The van der Waals surface area contributed by atoms with Crippen LogP contribution in [0.2, 0.25) is 0 Å². The van der Waals surface area contributed by atoms with Crippen LogP contribution in [-0.4, -0.2) is 174 Å². The molecule has 16 atom stereocenters. The fourth-order valence-electron chi connectivity index (χ4n) is 8.70. The van der Waals surface area contributed by atoms with E-state index in [1.807, 2.05) is 4.98 Å². The molecule has 41 heteroatoms.